The number of aliphatic hydroxyl groups is 1. The third-order valence-corrected chi connectivity index (χ3v) is 9.35. The number of halogens is 2. The standard InChI is InChI=1S/C24H34N4O3.C4H6BrClO/c1-17-15-19(27-11-2-3-21(27)30)16-25-22(17)26-12-8-24(9-13-26)10-14-28(23(24)31)18-4-6-20(29)7-5-18;5-3-1-2-4(6)7/h15-16,18,20,29H,2-14H2,1H3;1-3H2. The summed E-state index contributed by atoms with van der Waals surface area (Å²) >= 11 is 8.16. The van der Waals surface area contributed by atoms with E-state index in [-0.39, 0.29) is 22.7 Å². The van der Waals surface area contributed by atoms with E-state index in [4.69, 9.17) is 16.6 Å². The highest BCUT2D eigenvalue weighted by molar-refractivity contribution is 9.09. The Bertz CT molecular complexity index is 1010. The molecule has 1 aromatic heterocycles. The lowest BCUT2D eigenvalue weighted by atomic mass is 9.77. The molecule has 1 spiro atoms. The van der Waals surface area contributed by atoms with Crippen molar-refractivity contribution >= 4 is 56.1 Å². The number of hydrogen-bond donors (Lipinski definition) is 1. The van der Waals surface area contributed by atoms with Gasteiger partial charge in [-0.1, -0.05) is 15.9 Å². The summed E-state index contributed by atoms with van der Waals surface area (Å²) in [6, 6.07) is 2.40. The zero-order valence-corrected chi connectivity index (χ0v) is 24.7. The molecule has 4 aliphatic rings. The van der Waals surface area contributed by atoms with E-state index in [1.54, 1.807) is 0 Å². The van der Waals surface area contributed by atoms with Crippen LogP contribution in [0.25, 0.3) is 0 Å². The summed E-state index contributed by atoms with van der Waals surface area (Å²) in [5.41, 5.74) is 1.78. The van der Waals surface area contributed by atoms with Crippen LogP contribution in [0.3, 0.4) is 0 Å². The van der Waals surface area contributed by atoms with Gasteiger partial charge in [0.05, 0.1) is 23.4 Å². The van der Waals surface area contributed by atoms with Gasteiger partial charge in [-0.05, 0) is 87.9 Å². The maximum atomic E-state index is 13.4. The molecule has 1 saturated carbocycles. The quantitative estimate of drug-likeness (QED) is 0.374. The molecule has 1 aliphatic carbocycles. The van der Waals surface area contributed by atoms with Crippen molar-refractivity contribution in [1.29, 1.82) is 0 Å². The van der Waals surface area contributed by atoms with E-state index >= 15 is 0 Å². The normalized spacial score (nSPS) is 25.1. The van der Waals surface area contributed by atoms with E-state index in [1.165, 1.54) is 0 Å². The molecule has 10 heteroatoms. The zero-order valence-electron chi connectivity index (χ0n) is 22.3. The van der Waals surface area contributed by atoms with Gasteiger partial charge in [-0.15, -0.1) is 0 Å². The number of aliphatic hydroxyl groups excluding tert-OH is 1. The first kappa shape index (κ1) is 29.3. The van der Waals surface area contributed by atoms with E-state index in [0.717, 1.165) is 106 Å². The molecule has 3 saturated heterocycles. The van der Waals surface area contributed by atoms with Gasteiger partial charge in [0, 0.05) is 50.4 Å². The maximum absolute atomic E-state index is 13.4. The number of likely N-dealkylation sites (tertiary alicyclic amines) is 1. The minimum absolute atomic E-state index is 0.183. The molecule has 0 aromatic carbocycles. The molecule has 38 heavy (non-hydrogen) atoms. The number of carbonyl (C=O) groups is 3. The van der Waals surface area contributed by atoms with Crippen LogP contribution >= 0.6 is 27.5 Å². The molecule has 0 radical (unpaired) electrons. The number of hydrogen-bond acceptors (Lipinski definition) is 6. The summed E-state index contributed by atoms with van der Waals surface area (Å²) in [7, 11) is 0. The van der Waals surface area contributed by atoms with Crippen LogP contribution in [-0.2, 0) is 14.4 Å². The van der Waals surface area contributed by atoms with Crippen molar-refractivity contribution in [3.8, 4) is 0 Å². The van der Waals surface area contributed by atoms with Gasteiger partial charge in [-0.2, -0.15) is 0 Å². The van der Waals surface area contributed by atoms with Gasteiger partial charge in [0.1, 0.15) is 5.82 Å². The fraction of sp³-hybridized carbons (Fsp3) is 0.714. The zero-order chi connectivity index (χ0) is 27.3. The van der Waals surface area contributed by atoms with Gasteiger partial charge < -0.3 is 19.8 Å². The van der Waals surface area contributed by atoms with Gasteiger partial charge in [-0.25, -0.2) is 4.98 Å². The number of alkyl halides is 1. The van der Waals surface area contributed by atoms with Crippen LogP contribution in [0.5, 0.6) is 0 Å². The van der Waals surface area contributed by atoms with Crippen molar-refractivity contribution in [2.45, 2.75) is 89.7 Å². The third-order valence-electron chi connectivity index (χ3n) is 8.60. The number of amides is 2. The Hall–Kier alpha value is -1.71. The molecule has 5 rings (SSSR count). The van der Waals surface area contributed by atoms with Crippen molar-refractivity contribution < 1.29 is 19.5 Å². The van der Waals surface area contributed by atoms with Crippen LogP contribution in [0.4, 0.5) is 11.5 Å². The van der Waals surface area contributed by atoms with E-state index < -0.39 is 0 Å². The summed E-state index contributed by atoms with van der Waals surface area (Å²) < 4.78 is 0. The summed E-state index contributed by atoms with van der Waals surface area (Å²) in [5.74, 6) is 1.51. The number of aryl methyl sites for hydroxylation is 1. The number of aromatic nitrogens is 1. The Balaban J connectivity index is 0.000000426. The molecule has 1 aromatic rings. The molecule has 8 nitrogen and oxygen atoms in total. The van der Waals surface area contributed by atoms with Gasteiger partial charge in [0.2, 0.25) is 17.1 Å². The number of anilines is 2. The van der Waals surface area contributed by atoms with Crippen molar-refractivity contribution in [3.63, 3.8) is 0 Å². The maximum Gasteiger partial charge on any atom is 0.229 e. The topological polar surface area (TPSA) is 94.1 Å². The second-order valence-corrected chi connectivity index (χ2v) is 12.3. The second-order valence-electron chi connectivity index (χ2n) is 11.1. The molecular weight excluding hydrogens is 572 g/mol. The molecule has 0 atom stereocenters. The minimum atomic E-state index is -0.251. The number of carbonyl (C=O) groups excluding carboxylic acids is 3. The van der Waals surface area contributed by atoms with Crippen LogP contribution in [-0.4, -0.2) is 75.7 Å². The van der Waals surface area contributed by atoms with Gasteiger partial charge in [-0.3, -0.25) is 14.4 Å². The van der Waals surface area contributed by atoms with Gasteiger partial charge in [0.15, 0.2) is 0 Å². The molecule has 0 bridgehead atoms. The van der Waals surface area contributed by atoms with Crippen LogP contribution in [0.1, 0.15) is 76.2 Å². The molecule has 0 unspecified atom stereocenters. The van der Waals surface area contributed by atoms with Crippen molar-refractivity contribution in [1.82, 2.24) is 9.88 Å². The summed E-state index contributed by atoms with van der Waals surface area (Å²) in [6.07, 6.45) is 10.7. The smallest absolute Gasteiger partial charge is 0.229 e. The average Bonchev–Trinajstić information content (AvgIpc) is 3.47. The number of nitrogens with zero attached hydrogens (tertiary/aromatic N) is 4. The Labute approximate surface area is 239 Å². The highest BCUT2D eigenvalue weighted by Gasteiger charge is 2.50. The van der Waals surface area contributed by atoms with Gasteiger partial charge in [0.25, 0.3) is 0 Å². The Morgan fingerprint density at radius 3 is 2.37 bits per heavy atom. The lowest BCUT2D eigenvalue weighted by molar-refractivity contribution is -0.139. The third kappa shape index (κ3) is 6.70. The fourth-order valence-corrected chi connectivity index (χ4v) is 6.75. The van der Waals surface area contributed by atoms with Crippen LogP contribution in [0.15, 0.2) is 12.3 Å². The molecule has 2 amide bonds. The second kappa shape index (κ2) is 13.1. The number of pyridine rings is 1. The Morgan fingerprint density at radius 2 is 1.82 bits per heavy atom. The van der Waals surface area contributed by atoms with Crippen LogP contribution in [0, 0.1) is 12.3 Å². The predicted molar refractivity (Wildman–Crippen MR) is 153 cm³/mol. The molecule has 4 fully saturated rings. The summed E-state index contributed by atoms with van der Waals surface area (Å²) in [4.78, 5) is 46.4. The summed E-state index contributed by atoms with van der Waals surface area (Å²) in [5, 5.41) is 10.4. The van der Waals surface area contributed by atoms with Gasteiger partial charge >= 0.3 is 0 Å². The minimum Gasteiger partial charge on any atom is -0.393 e. The van der Waals surface area contributed by atoms with Crippen LogP contribution < -0.4 is 9.80 Å². The largest absolute Gasteiger partial charge is 0.393 e. The first-order chi connectivity index (χ1) is 18.2. The lowest BCUT2D eigenvalue weighted by Crippen LogP contribution is -2.47. The first-order valence-corrected chi connectivity index (χ1v) is 15.5. The monoisotopic (exact) mass is 610 g/mol. The lowest BCUT2D eigenvalue weighted by Gasteiger charge is -2.40. The van der Waals surface area contributed by atoms with Crippen LogP contribution in [0.2, 0.25) is 0 Å². The molecule has 4 heterocycles. The first-order valence-electron chi connectivity index (χ1n) is 14.0. The van der Waals surface area contributed by atoms with E-state index in [2.05, 4.69) is 38.7 Å². The molecule has 1 N–H and O–H groups in total. The fourth-order valence-electron chi connectivity index (χ4n) is 6.33. The van der Waals surface area contributed by atoms with E-state index in [1.807, 2.05) is 11.1 Å². The molecular formula is C28H40BrClN4O4. The highest BCUT2D eigenvalue weighted by atomic mass is 79.9. The highest BCUT2D eigenvalue weighted by Crippen LogP contribution is 2.44. The average molecular weight is 612 g/mol. The number of piperidine rings is 1. The van der Waals surface area contributed by atoms with E-state index in [9.17, 15) is 19.5 Å². The number of rotatable bonds is 6. The molecule has 3 aliphatic heterocycles. The SMILES string of the molecule is Cc1cc(N2CCCC2=O)cnc1N1CCC2(CC1)CCN(C1CCC(O)CC1)C2=O.O=C(Cl)CCCBr. The Morgan fingerprint density at radius 1 is 1.13 bits per heavy atom. The van der Waals surface area contributed by atoms with E-state index in [0.29, 0.717) is 24.8 Å². The van der Waals surface area contributed by atoms with Crippen molar-refractivity contribution in [3.05, 3.63) is 17.8 Å². The Kier molecular flexibility index (Phi) is 10.1. The summed E-state index contributed by atoms with van der Waals surface area (Å²) in [6.45, 7) is 5.41. The molecule has 210 valence electrons. The van der Waals surface area contributed by atoms with Crippen molar-refractivity contribution in [2.75, 3.05) is 41.3 Å². The predicted octanol–water partition coefficient (Wildman–Crippen LogP) is 4.57. The van der Waals surface area contributed by atoms with Crippen molar-refractivity contribution in [2.24, 2.45) is 5.41 Å².